The van der Waals surface area contributed by atoms with E-state index in [9.17, 15) is 0 Å². The van der Waals surface area contributed by atoms with Crippen molar-refractivity contribution in [1.82, 2.24) is 4.90 Å². The molecule has 0 fully saturated rings. The van der Waals surface area contributed by atoms with E-state index < -0.39 is 0 Å². The third kappa shape index (κ3) is 7.06. The average molecular weight is 185 g/mol. The van der Waals surface area contributed by atoms with Crippen molar-refractivity contribution in [3.05, 3.63) is 0 Å². The Morgan fingerprint density at radius 2 is 1.46 bits per heavy atom. The van der Waals surface area contributed by atoms with Gasteiger partial charge in [-0.15, -0.1) is 0 Å². The lowest BCUT2D eigenvalue weighted by Gasteiger charge is -2.22. The predicted octanol–water partition coefficient (Wildman–Crippen LogP) is 3.54. The van der Waals surface area contributed by atoms with Crippen molar-refractivity contribution >= 4 is 0 Å². The smallest absolute Gasteiger partial charge is 0.000660 e. The Morgan fingerprint density at radius 3 is 1.85 bits per heavy atom. The molecule has 0 bridgehead atoms. The van der Waals surface area contributed by atoms with Crippen LogP contribution in [-0.2, 0) is 0 Å². The maximum absolute atomic E-state index is 2.48. The molecule has 1 nitrogen and oxygen atoms in total. The highest BCUT2D eigenvalue weighted by atomic mass is 15.1. The van der Waals surface area contributed by atoms with Gasteiger partial charge in [-0.2, -0.15) is 0 Å². The summed E-state index contributed by atoms with van der Waals surface area (Å²) in [6, 6.07) is 0. The lowest BCUT2D eigenvalue weighted by Crippen LogP contribution is -2.26. The van der Waals surface area contributed by atoms with Crippen molar-refractivity contribution in [2.75, 3.05) is 20.1 Å². The summed E-state index contributed by atoms with van der Waals surface area (Å²) in [5.41, 5.74) is 0. The SMILES string of the molecule is CCCC(CCC)CN(C)CCC. The first kappa shape index (κ1) is 13.0. The van der Waals surface area contributed by atoms with Gasteiger partial charge in [0.25, 0.3) is 0 Å². The molecule has 0 amide bonds. The lowest BCUT2D eigenvalue weighted by atomic mass is 9.98. The highest BCUT2D eigenvalue weighted by Crippen LogP contribution is 2.14. The molecule has 0 saturated heterocycles. The zero-order valence-electron chi connectivity index (χ0n) is 9.97. The largest absolute Gasteiger partial charge is 0.306 e. The van der Waals surface area contributed by atoms with Crippen LogP contribution < -0.4 is 0 Å². The van der Waals surface area contributed by atoms with E-state index in [4.69, 9.17) is 0 Å². The molecule has 0 heterocycles. The minimum Gasteiger partial charge on any atom is -0.306 e. The molecule has 0 aromatic carbocycles. The molecule has 0 spiro atoms. The van der Waals surface area contributed by atoms with E-state index in [0.29, 0.717) is 0 Å². The Balaban J connectivity index is 3.64. The molecular weight excluding hydrogens is 158 g/mol. The molecule has 0 aliphatic rings. The third-order valence-corrected chi connectivity index (χ3v) is 2.57. The Kier molecular flexibility index (Phi) is 8.53. The van der Waals surface area contributed by atoms with E-state index >= 15 is 0 Å². The van der Waals surface area contributed by atoms with Crippen molar-refractivity contribution in [2.24, 2.45) is 5.92 Å². The van der Waals surface area contributed by atoms with Crippen molar-refractivity contribution in [3.8, 4) is 0 Å². The standard InChI is InChI=1S/C12H27N/c1-5-8-12(9-6-2)11-13(4)10-7-3/h12H,5-11H2,1-4H3. The van der Waals surface area contributed by atoms with E-state index in [2.05, 4.69) is 32.7 Å². The van der Waals surface area contributed by atoms with Crippen LogP contribution in [0.2, 0.25) is 0 Å². The molecule has 0 radical (unpaired) electrons. The minimum absolute atomic E-state index is 0.937. The Labute approximate surface area is 84.5 Å². The highest BCUT2D eigenvalue weighted by molar-refractivity contribution is 4.62. The molecule has 0 rings (SSSR count). The Hall–Kier alpha value is -0.0400. The molecule has 0 aliphatic carbocycles. The van der Waals surface area contributed by atoms with Crippen LogP contribution in [0, 0.1) is 5.92 Å². The van der Waals surface area contributed by atoms with Gasteiger partial charge in [0.15, 0.2) is 0 Å². The van der Waals surface area contributed by atoms with Crippen molar-refractivity contribution in [2.45, 2.75) is 52.9 Å². The first-order valence-corrected chi connectivity index (χ1v) is 5.93. The second-order valence-electron chi connectivity index (χ2n) is 4.21. The van der Waals surface area contributed by atoms with E-state index in [1.54, 1.807) is 0 Å². The summed E-state index contributed by atoms with van der Waals surface area (Å²) in [4.78, 5) is 2.48. The zero-order chi connectivity index (χ0) is 10.1. The van der Waals surface area contributed by atoms with Gasteiger partial charge < -0.3 is 4.90 Å². The number of nitrogens with zero attached hydrogens (tertiary/aromatic N) is 1. The fourth-order valence-corrected chi connectivity index (χ4v) is 2.06. The maximum atomic E-state index is 2.48. The Bertz CT molecular complexity index is 95.3. The minimum atomic E-state index is 0.937. The van der Waals surface area contributed by atoms with Crippen LogP contribution in [0.1, 0.15) is 52.9 Å². The maximum Gasteiger partial charge on any atom is 0.000660 e. The molecule has 0 saturated carbocycles. The third-order valence-electron chi connectivity index (χ3n) is 2.57. The molecule has 0 unspecified atom stereocenters. The van der Waals surface area contributed by atoms with Gasteiger partial charge in [-0.1, -0.05) is 33.6 Å². The molecular formula is C12H27N. The highest BCUT2D eigenvalue weighted by Gasteiger charge is 2.08. The van der Waals surface area contributed by atoms with Gasteiger partial charge in [-0.3, -0.25) is 0 Å². The van der Waals surface area contributed by atoms with Gasteiger partial charge in [0, 0.05) is 6.54 Å². The summed E-state index contributed by atoms with van der Waals surface area (Å²) in [6.45, 7) is 9.40. The van der Waals surface area contributed by atoms with Crippen LogP contribution >= 0.6 is 0 Å². The van der Waals surface area contributed by atoms with E-state index in [1.807, 2.05) is 0 Å². The molecule has 0 aromatic heterocycles. The van der Waals surface area contributed by atoms with Gasteiger partial charge in [0.2, 0.25) is 0 Å². The summed E-state index contributed by atoms with van der Waals surface area (Å²) in [5.74, 6) is 0.937. The van der Waals surface area contributed by atoms with E-state index in [0.717, 1.165) is 5.92 Å². The second kappa shape index (κ2) is 8.55. The second-order valence-corrected chi connectivity index (χ2v) is 4.21. The summed E-state index contributed by atoms with van der Waals surface area (Å²) >= 11 is 0. The fourth-order valence-electron chi connectivity index (χ4n) is 2.06. The molecule has 0 N–H and O–H groups in total. The topological polar surface area (TPSA) is 3.24 Å². The quantitative estimate of drug-likeness (QED) is 0.559. The number of rotatable bonds is 8. The molecule has 0 aromatic rings. The first-order valence-electron chi connectivity index (χ1n) is 5.93. The molecule has 0 atom stereocenters. The molecule has 13 heavy (non-hydrogen) atoms. The van der Waals surface area contributed by atoms with Gasteiger partial charge in [0.1, 0.15) is 0 Å². The van der Waals surface area contributed by atoms with Crippen LogP contribution in [0.3, 0.4) is 0 Å². The number of hydrogen-bond acceptors (Lipinski definition) is 1. The average Bonchev–Trinajstić information content (AvgIpc) is 2.05. The Morgan fingerprint density at radius 1 is 0.923 bits per heavy atom. The molecule has 0 aliphatic heterocycles. The zero-order valence-corrected chi connectivity index (χ0v) is 9.97. The van der Waals surface area contributed by atoms with Crippen molar-refractivity contribution < 1.29 is 0 Å². The van der Waals surface area contributed by atoms with Crippen LogP contribution in [0.15, 0.2) is 0 Å². The summed E-state index contributed by atoms with van der Waals surface area (Å²) in [5, 5.41) is 0. The van der Waals surface area contributed by atoms with Gasteiger partial charge in [-0.05, 0) is 38.8 Å². The first-order chi connectivity index (χ1) is 6.24. The van der Waals surface area contributed by atoms with E-state index in [-0.39, 0.29) is 0 Å². The van der Waals surface area contributed by atoms with Crippen LogP contribution in [0.4, 0.5) is 0 Å². The van der Waals surface area contributed by atoms with Crippen LogP contribution in [0.5, 0.6) is 0 Å². The van der Waals surface area contributed by atoms with Crippen LogP contribution in [-0.4, -0.2) is 25.0 Å². The van der Waals surface area contributed by atoms with Gasteiger partial charge in [-0.25, -0.2) is 0 Å². The monoisotopic (exact) mass is 185 g/mol. The molecule has 1 heteroatoms. The normalized spacial score (nSPS) is 11.5. The van der Waals surface area contributed by atoms with Crippen molar-refractivity contribution in [1.29, 1.82) is 0 Å². The molecule has 80 valence electrons. The summed E-state index contributed by atoms with van der Waals surface area (Å²) in [7, 11) is 2.25. The van der Waals surface area contributed by atoms with Gasteiger partial charge in [0.05, 0.1) is 0 Å². The van der Waals surface area contributed by atoms with Crippen molar-refractivity contribution in [3.63, 3.8) is 0 Å². The predicted molar refractivity (Wildman–Crippen MR) is 61.1 cm³/mol. The summed E-state index contributed by atoms with van der Waals surface area (Å²) in [6.07, 6.45) is 6.76. The van der Waals surface area contributed by atoms with Gasteiger partial charge >= 0.3 is 0 Å². The summed E-state index contributed by atoms with van der Waals surface area (Å²) < 4.78 is 0. The van der Waals surface area contributed by atoms with E-state index in [1.165, 1.54) is 45.2 Å². The lowest BCUT2D eigenvalue weighted by molar-refractivity contribution is 0.256. The van der Waals surface area contributed by atoms with Crippen LogP contribution in [0.25, 0.3) is 0 Å². The fraction of sp³-hybridized carbons (Fsp3) is 1.00. The number of hydrogen-bond donors (Lipinski definition) is 0.